The Hall–Kier alpha value is -0.340. The van der Waals surface area contributed by atoms with Gasteiger partial charge in [0.25, 0.3) is 0 Å². The van der Waals surface area contributed by atoms with Crippen LogP contribution in [0, 0.1) is 5.92 Å². The number of nitrogens with one attached hydrogen (secondary N) is 1. The van der Waals surface area contributed by atoms with Crippen LogP contribution in [-0.2, 0) is 0 Å². The van der Waals surface area contributed by atoms with Gasteiger partial charge in [-0.25, -0.2) is 0 Å². The second kappa shape index (κ2) is 3.64. The highest BCUT2D eigenvalue weighted by molar-refractivity contribution is 4.92. The van der Waals surface area contributed by atoms with Crippen LogP contribution in [0.4, 0.5) is 0 Å². The molecule has 1 heterocycles. The Morgan fingerprint density at radius 2 is 2.56 bits per heavy atom. The highest BCUT2D eigenvalue weighted by Crippen LogP contribution is 2.07. The van der Waals surface area contributed by atoms with E-state index in [1.165, 1.54) is 13.0 Å². The van der Waals surface area contributed by atoms with Gasteiger partial charge in [0.05, 0.1) is 0 Å². The number of rotatable bonds is 2. The highest BCUT2D eigenvalue weighted by atomic mass is 14.9. The molecule has 2 nitrogen and oxygen atoms in total. The Balaban J connectivity index is 2.18. The van der Waals surface area contributed by atoms with Crippen LogP contribution in [0.5, 0.6) is 0 Å². The normalized spacial score (nSPS) is 27.9. The molecule has 1 rings (SSSR count). The predicted molar refractivity (Wildman–Crippen MR) is 39.2 cm³/mol. The van der Waals surface area contributed by atoms with Crippen molar-refractivity contribution >= 4 is 0 Å². The molecule has 0 saturated carbocycles. The molecule has 0 spiro atoms. The summed E-state index contributed by atoms with van der Waals surface area (Å²) in [4.78, 5) is 0. The minimum atomic E-state index is 0.677. The van der Waals surface area contributed by atoms with Crippen LogP contribution in [0.2, 0.25) is 0 Å². The Morgan fingerprint density at radius 1 is 1.67 bits per heavy atom. The van der Waals surface area contributed by atoms with Crippen molar-refractivity contribution in [2.24, 2.45) is 11.7 Å². The van der Waals surface area contributed by atoms with Gasteiger partial charge in [0, 0.05) is 13.1 Å². The fraction of sp³-hybridized carbons (Fsp3) is 0.714. The first-order valence-electron chi connectivity index (χ1n) is 3.51. The van der Waals surface area contributed by atoms with Gasteiger partial charge in [-0.05, 0) is 18.9 Å². The average molecular weight is 126 g/mol. The summed E-state index contributed by atoms with van der Waals surface area (Å²) >= 11 is 0. The van der Waals surface area contributed by atoms with Gasteiger partial charge in [0.15, 0.2) is 0 Å². The van der Waals surface area contributed by atoms with E-state index >= 15 is 0 Å². The smallest absolute Gasteiger partial charge is 0.0106 e. The molecule has 2 heteroatoms. The quantitative estimate of drug-likeness (QED) is 0.515. The van der Waals surface area contributed by atoms with E-state index in [0.717, 1.165) is 12.5 Å². The van der Waals surface area contributed by atoms with Crippen molar-refractivity contribution in [3.63, 3.8) is 0 Å². The number of nitrogens with two attached hydrogens (primary N) is 1. The van der Waals surface area contributed by atoms with Crippen molar-refractivity contribution in [3.05, 3.63) is 12.2 Å². The lowest BCUT2D eigenvalue weighted by Crippen LogP contribution is -2.07. The molecule has 0 radical (unpaired) electrons. The molecular formula is C7H14N2. The molecule has 0 aromatic rings. The fourth-order valence-corrected chi connectivity index (χ4v) is 1.11. The first-order chi connectivity index (χ1) is 4.43. The van der Waals surface area contributed by atoms with Crippen molar-refractivity contribution in [1.82, 2.24) is 5.32 Å². The first-order valence-corrected chi connectivity index (χ1v) is 3.51. The third-order valence-electron chi connectivity index (χ3n) is 1.64. The molecule has 0 bridgehead atoms. The van der Waals surface area contributed by atoms with Crippen LogP contribution in [0.3, 0.4) is 0 Å². The molecule has 0 amide bonds. The third-order valence-corrected chi connectivity index (χ3v) is 1.64. The Labute approximate surface area is 56.1 Å². The fourth-order valence-electron chi connectivity index (χ4n) is 1.11. The van der Waals surface area contributed by atoms with Crippen LogP contribution in [0.1, 0.15) is 6.42 Å². The standard InChI is InChI=1S/C7H14N2/c8-4-1-2-7-3-5-9-6-7/h1-2,7,9H,3-6,8H2/b2-1+. The van der Waals surface area contributed by atoms with E-state index in [9.17, 15) is 0 Å². The first kappa shape index (κ1) is 6.78. The monoisotopic (exact) mass is 126 g/mol. The van der Waals surface area contributed by atoms with Crippen LogP contribution in [0.15, 0.2) is 12.2 Å². The molecular weight excluding hydrogens is 112 g/mol. The molecule has 9 heavy (non-hydrogen) atoms. The number of hydrogen-bond donors (Lipinski definition) is 2. The predicted octanol–water partition coefficient (Wildman–Crippen LogP) is 0.111. The Kier molecular flexibility index (Phi) is 2.74. The molecule has 52 valence electrons. The summed E-state index contributed by atoms with van der Waals surface area (Å²) in [6.07, 6.45) is 5.52. The summed E-state index contributed by atoms with van der Waals surface area (Å²) in [5.41, 5.74) is 5.30. The summed E-state index contributed by atoms with van der Waals surface area (Å²) in [6.45, 7) is 2.98. The topological polar surface area (TPSA) is 38.0 Å². The minimum absolute atomic E-state index is 0.677. The third kappa shape index (κ3) is 2.16. The van der Waals surface area contributed by atoms with Gasteiger partial charge in [0.2, 0.25) is 0 Å². The van der Waals surface area contributed by atoms with Crippen molar-refractivity contribution in [3.8, 4) is 0 Å². The van der Waals surface area contributed by atoms with Crippen LogP contribution < -0.4 is 11.1 Å². The van der Waals surface area contributed by atoms with Crippen LogP contribution in [0.25, 0.3) is 0 Å². The maximum absolute atomic E-state index is 5.30. The van der Waals surface area contributed by atoms with Crippen LogP contribution in [-0.4, -0.2) is 19.6 Å². The SMILES string of the molecule is NC/C=C/C1CCNC1. The van der Waals surface area contributed by atoms with E-state index in [1.807, 2.05) is 6.08 Å². The van der Waals surface area contributed by atoms with Gasteiger partial charge in [-0.2, -0.15) is 0 Å². The zero-order chi connectivity index (χ0) is 6.53. The van der Waals surface area contributed by atoms with Gasteiger partial charge in [-0.1, -0.05) is 12.2 Å². The van der Waals surface area contributed by atoms with Crippen LogP contribution >= 0.6 is 0 Å². The molecule has 1 aliphatic heterocycles. The molecule has 1 unspecified atom stereocenters. The van der Waals surface area contributed by atoms with E-state index in [2.05, 4.69) is 11.4 Å². The second-order valence-corrected chi connectivity index (χ2v) is 2.42. The molecule has 0 aromatic heterocycles. The molecule has 1 saturated heterocycles. The van der Waals surface area contributed by atoms with E-state index in [0.29, 0.717) is 6.54 Å². The Morgan fingerprint density at radius 3 is 3.11 bits per heavy atom. The summed E-state index contributed by atoms with van der Waals surface area (Å²) < 4.78 is 0. The lowest BCUT2D eigenvalue weighted by Gasteiger charge is -1.96. The number of hydrogen-bond acceptors (Lipinski definition) is 2. The zero-order valence-corrected chi connectivity index (χ0v) is 5.64. The largest absolute Gasteiger partial charge is 0.327 e. The maximum Gasteiger partial charge on any atom is 0.0106 e. The summed E-state index contributed by atoms with van der Waals surface area (Å²) in [5, 5.41) is 3.29. The van der Waals surface area contributed by atoms with Crippen molar-refractivity contribution in [2.45, 2.75) is 6.42 Å². The maximum atomic E-state index is 5.30. The lowest BCUT2D eigenvalue weighted by molar-refractivity contribution is 0.726. The summed E-state index contributed by atoms with van der Waals surface area (Å²) in [7, 11) is 0. The van der Waals surface area contributed by atoms with E-state index in [1.54, 1.807) is 0 Å². The van der Waals surface area contributed by atoms with Gasteiger partial charge in [-0.3, -0.25) is 0 Å². The van der Waals surface area contributed by atoms with Crippen molar-refractivity contribution in [1.29, 1.82) is 0 Å². The summed E-state index contributed by atoms with van der Waals surface area (Å²) in [5.74, 6) is 0.744. The van der Waals surface area contributed by atoms with Gasteiger partial charge >= 0.3 is 0 Å². The van der Waals surface area contributed by atoms with Gasteiger partial charge in [0.1, 0.15) is 0 Å². The van der Waals surface area contributed by atoms with E-state index in [-0.39, 0.29) is 0 Å². The highest BCUT2D eigenvalue weighted by Gasteiger charge is 2.09. The van der Waals surface area contributed by atoms with E-state index in [4.69, 9.17) is 5.73 Å². The molecule has 0 aromatic carbocycles. The van der Waals surface area contributed by atoms with Gasteiger partial charge < -0.3 is 11.1 Å². The molecule has 1 atom stereocenters. The van der Waals surface area contributed by atoms with E-state index < -0.39 is 0 Å². The molecule has 1 aliphatic rings. The van der Waals surface area contributed by atoms with Gasteiger partial charge in [-0.15, -0.1) is 0 Å². The molecule has 3 N–H and O–H groups in total. The molecule has 0 aliphatic carbocycles. The minimum Gasteiger partial charge on any atom is -0.327 e. The lowest BCUT2D eigenvalue weighted by atomic mass is 10.1. The zero-order valence-electron chi connectivity index (χ0n) is 5.64. The average Bonchev–Trinajstić information content (AvgIpc) is 2.34. The van der Waals surface area contributed by atoms with Crippen molar-refractivity contribution in [2.75, 3.05) is 19.6 Å². The molecule has 1 fully saturated rings. The Bertz CT molecular complexity index is 93.1. The van der Waals surface area contributed by atoms with Crippen molar-refractivity contribution < 1.29 is 0 Å². The second-order valence-electron chi connectivity index (χ2n) is 2.42. The summed E-state index contributed by atoms with van der Waals surface area (Å²) in [6, 6.07) is 0.